The number of aryl methyl sites for hydroxylation is 2. The minimum absolute atomic E-state index is 0.0250. The third kappa shape index (κ3) is 3.23. The van der Waals surface area contributed by atoms with E-state index < -0.39 is 0 Å². The van der Waals surface area contributed by atoms with E-state index in [0.717, 1.165) is 24.1 Å². The number of ether oxygens (including phenoxy) is 1. The monoisotopic (exact) mass is 388 g/mol. The topological polar surface area (TPSA) is 104 Å². The van der Waals surface area contributed by atoms with Crippen LogP contribution in [0.1, 0.15) is 43.1 Å². The van der Waals surface area contributed by atoms with E-state index in [1.54, 1.807) is 6.92 Å². The first kappa shape index (κ1) is 19.1. The molecule has 0 aromatic carbocycles. The van der Waals surface area contributed by atoms with Gasteiger partial charge in [0.15, 0.2) is 0 Å². The number of hydrogen-bond donors (Lipinski definition) is 2. The quantitative estimate of drug-likeness (QED) is 0.763. The van der Waals surface area contributed by atoms with E-state index >= 15 is 0 Å². The average Bonchev–Trinajstić information content (AvgIpc) is 3.26. The molecule has 0 aliphatic carbocycles. The molecule has 4 rings (SSSR count). The smallest absolute Gasteiger partial charge is 0.345 e. The summed E-state index contributed by atoms with van der Waals surface area (Å²) in [4.78, 5) is 44.2. The maximum absolute atomic E-state index is 12.9. The summed E-state index contributed by atoms with van der Waals surface area (Å²) in [5.41, 5.74) is 1.82. The van der Waals surface area contributed by atoms with Crippen LogP contribution in [-0.4, -0.2) is 58.0 Å². The first-order valence-electron chi connectivity index (χ1n) is 10.1. The molecular weight excluding hydrogens is 360 g/mol. The fourth-order valence-electron chi connectivity index (χ4n) is 5.43. The molecular formula is C20H28N4O4. The number of nitrogens with one attached hydrogen (secondary N) is 2. The van der Waals surface area contributed by atoms with E-state index in [1.165, 1.54) is 6.92 Å². The maximum atomic E-state index is 12.9. The molecule has 0 radical (unpaired) electrons. The van der Waals surface area contributed by atoms with Crippen molar-refractivity contribution in [2.45, 2.75) is 58.2 Å². The van der Waals surface area contributed by atoms with Crippen LogP contribution in [-0.2, 0) is 20.7 Å². The molecule has 2 bridgehead atoms. The highest BCUT2D eigenvalue weighted by molar-refractivity contribution is 5.77. The molecule has 152 valence electrons. The van der Waals surface area contributed by atoms with Gasteiger partial charge in [-0.25, -0.2) is 4.79 Å². The van der Waals surface area contributed by atoms with Crippen LogP contribution in [0.15, 0.2) is 4.79 Å². The van der Waals surface area contributed by atoms with Crippen molar-refractivity contribution in [3.8, 4) is 0 Å². The molecule has 3 fully saturated rings. The van der Waals surface area contributed by atoms with Crippen LogP contribution in [0.2, 0.25) is 0 Å². The van der Waals surface area contributed by atoms with E-state index in [9.17, 15) is 14.4 Å². The van der Waals surface area contributed by atoms with Gasteiger partial charge in [0.2, 0.25) is 11.8 Å². The number of carbonyl (C=O) groups excluding carboxylic acids is 2. The molecule has 3 aliphatic heterocycles. The molecule has 4 heterocycles. The maximum Gasteiger partial charge on any atom is 0.345 e. The molecule has 1 aromatic rings. The largest absolute Gasteiger partial charge is 0.369 e. The fraction of sp³-hybridized carbons (Fsp3) is 0.700. The van der Waals surface area contributed by atoms with Gasteiger partial charge in [-0.15, -0.1) is 0 Å². The summed E-state index contributed by atoms with van der Waals surface area (Å²) in [5, 5.41) is 2.93. The van der Waals surface area contributed by atoms with Gasteiger partial charge < -0.3 is 19.9 Å². The highest BCUT2D eigenvalue weighted by Crippen LogP contribution is 2.54. The van der Waals surface area contributed by atoms with Gasteiger partial charge in [0.05, 0.1) is 18.2 Å². The Kier molecular flexibility index (Phi) is 4.77. The zero-order valence-electron chi connectivity index (χ0n) is 16.7. The number of hydrogen-bond acceptors (Lipinski definition) is 5. The Labute approximate surface area is 164 Å². The van der Waals surface area contributed by atoms with E-state index in [-0.39, 0.29) is 35.1 Å². The van der Waals surface area contributed by atoms with Gasteiger partial charge in [-0.2, -0.15) is 4.98 Å². The molecule has 0 unspecified atom stereocenters. The van der Waals surface area contributed by atoms with Crippen LogP contribution in [0.4, 0.5) is 0 Å². The molecule has 8 heteroatoms. The number of likely N-dealkylation sites (tertiary alicyclic amines) is 1. The van der Waals surface area contributed by atoms with Gasteiger partial charge in [0.1, 0.15) is 0 Å². The fourth-order valence-corrected chi connectivity index (χ4v) is 5.43. The Morgan fingerprint density at radius 2 is 2.18 bits per heavy atom. The molecule has 4 atom stereocenters. The second-order valence-electron chi connectivity index (χ2n) is 8.47. The highest BCUT2D eigenvalue weighted by atomic mass is 16.5. The van der Waals surface area contributed by atoms with Crippen molar-refractivity contribution >= 4 is 11.8 Å². The number of nitrogens with zero attached hydrogens (tertiary/aromatic N) is 2. The summed E-state index contributed by atoms with van der Waals surface area (Å²) >= 11 is 0. The number of aromatic amines is 1. The molecule has 2 N–H and O–H groups in total. The lowest BCUT2D eigenvalue weighted by Crippen LogP contribution is -2.41. The summed E-state index contributed by atoms with van der Waals surface area (Å²) in [5.74, 6) is 0.658. The van der Waals surface area contributed by atoms with Crippen LogP contribution >= 0.6 is 0 Å². The Hall–Kier alpha value is -2.22. The van der Waals surface area contributed by atoms with Crippen molar-refractivity contribution in [2.24, 2.45) is 11.8 Å². The SMILES string of the molecule is CC(=O)NC[C@H]1[C@H]2CN(C(=O)CCc3c(C)nc(=O)[nH]c3C)C[C@]23CC[C@H]1O3. The first-order chi connectivity index (χ1) is 13.3. The third-order valence-electron chi connectivity index (χ3n) is 6.77. The predicted molar refractivity (Wildman–Crippen MR) is 102 cm³/mol. The van der Waals surface area contributed by atoms with Gasteiger partial charge in [-0.1, -0.05) is 0 Å². The third-order valence-corrected chi connectivity index (χ3v) is 6.77. The van der Waals surface area contributed by atoms with Crippen molar-refractivity contribution in [3.05, 3.63) is 27.4 Å². The van der Waals surface area contributed by atoms with Gasteiger partial charge >= 0.3 is 5.69 Å². The molecule has 28 heavy (non-hydrogen) atoms. The summed E-state index contributed by atoms with van der Waals surface area (Å²) in [7, 11) is 0. The van der Waals surface area contributed by atoms with Crippen molar-refractivity contribution in [2.75, 3.05) is 19.6 Å². The number of aromatic nitrogens is 2. The van der Waals surface area contributed by atoms with Crippen molar-refractivity contribution in [1.29, 1.82) is 0 Å². The zero-order valence-corrected chi connectivity index (χ0v) is 16.7. The molecule has 3 saturated heterocycles. The molecule has 2 amide bonds. The van der Waals surface area contributed by atoms with Crippen LogP contribution in [0.3, 0.4) is 0 Å². The van der Waals surface area contributed by atoms with E-state index in [4.69, 9.17) is 4.74 Å². The van der Waals surface area contributed by atoms with Crippen LogP contribution in [0.5, 0.6) is 0 Å². The molecule has 1 spiro atoms. The van der Waals surface area contributed by atoms with E-state index in [1.807, 2.05) is 11.8 Å². The van der Waals surface area contributed by atoms with E-state index in [0.29, 0.717) is 44.1 Å². The lowest BCUT2D eigenvalue weighted by Gasteiger charge is -2.29. The number of carbonyl (C=O) groups is 2. The Morgan fingerprint density at radius 1 is 1.39 bits per heavy atom. The van der Waals surface area contributed by atoms with Crippen LogP contribution in [0.25, 0.3) is 0 Å². The second-order valence-corrected chi connectivity index (χ2v) is 8.47. The van der Waals surface area contributed by atoms with Gasteiger partial charge in [-0.05, 0) is 38.7 Å². The summed E-state index contributed by atoms with van der Waals surface area (Å²) in [6, 6.07) is 0. The van der Waals surface area contributed by atoms with Crippen molar-refractivity contribution in [1.82, 2.24) is 20.2 Å². The minimum atomic E-state index is -0.352. The predicted octanol–water partition coefficient (Wildman–Crippen LogP) is 0.461. The van der Waals surface area contributed by atoms with Crippen LogP contribution in [0, 0.1) is 25.7 Å². The number of H-pyrrole nitrogens is 1. The summed E-state index contributed by atoms with van der Waals surface area (Å²) in [6.07, 6.45) is 3.15. The molecule has 0 saturated carbocycles. The van der Waals surface area contributed by atoms with Gasteiger partial charge in [0.25, 0.3) is 0 Å². The van der Waals surface area contributed by atoms with Crippen molar-refractivity contribution in [3.63, 3.8) is 0 Å². The number of fused-ring (bicyclic) bond motifs is 1. The summed E-state index contributed by atoms with van der Waals surface area (Å²) in [6.45, 7) is 7.14. The Bertz CT molecular complexity index is 840. The van der Waals surface area contributed by atoms with Gasteiger partial charge in [0, 0.05) is 49.7 Å². The summed E-state index contributed by atoms with van der Waals surface area (Å²) < 4.78 is 6.33. The molecule has 1 aromatic heterocycles. The number of amides is 2. The minimum Gasteiger partial charge on any atom is -0.369 e. The highest BCUT2D eigenvalue weighted by Gasteiger charge is 2.63. The molecule has 3 aliphatic rings. The number of rotatable bonds is 5. The normalized spacial score (nSPS) is 30.5. The van der Waals surface area contributed by atoms with Crippen molar-refractivity contribution < 1.29 is 14.3 Å². The second kappa shape index (κ2) is 6.99. The van der Waals surface area contributed by atoms with Gasteiger partial charge in [-0.3, -0.25) is 9.59 Å². The average molecular weight is 388 g/mol. The first-order valence-corrected chi connectivity index (χ1v) is 10.1. The zero-order chi connectivity index (χ0) is 20.1. The standard InChI is InChI=1S/C20H28N4O4/c1-11-14(12(2)23-19(27)22-11)4-5-18(26)24-9-16-15(8-21-13(3)25)17-6-7-20(16,10-24)28-17/h15-17H,4-10H2,1-3H3,(H,21,25)(H,22,23,27)/t15-,16+,17+,20+/m0/s1. The lowest BCUT2D eigenvalue weighted by molar-refractivity contribution is -0.131. The van der Waals surface area contributed by atoms with E-state index in [2.05, 4.69) is 15.3 Å². The Balaban J connectivity index is 1.41. The Morgan fingerprint density at radius 3 is 2.89 bits per heavy atom. The molecule has 8 nitrogen and oxygen atoms in total. The van der Waals surface area contributed by atoms with Crippen LogP contribution < -0.4 is 11.0 Å². The lowest BCUT2D eigenvalue weighted by atomic mass is 9.73.